The molecule has 0 spiro atoms. The number of nitrogens with one attached hydrogen (secondary N) is 2. The third-order valence-corrected chi connectivity index (χ3v) is 8.30. The third-order valence-electron chi connectivity index (χ3n) is 5.82. The molecule has 4 rings (SSSR count). The van der Waals surface area contributed by atoms with E-state index in [9.17, 15) is 17.9 Å². The highest BCUT2D eigenvalue weighted by molar-refractivity contribution is 7.93. The number of fused-ring (bicyclic) bond motifs is 1. The maximum absolute atomic E-state index is 14.7. The highest BCUT2D eigenvalue weighted by atomic mass is 35.5. The van der Waals surface area contributed by atoms with Crippen LogP contribution < -0.4 is 10.0 Å². The van der Waals surface area contributed by atoms with Gasteiger partial charge in [0.2, 0.25) is 0 Å². The predicted octanol–water partition coefficient (Wildman–Crippen LogP) is 3.14. The molecule has 0 saturated carbocycles. The van der Waals surface area contributed by atoms with Crippen LogP contribution in [-0.2, 0) is 10.0 Å². The van der Waals surface area contributed by atoms with Crippen LogP contribution in [0.25, 0.3) is 0 Å². The molecule has 1 aromatic carbocycles. The number of aromatic nitrogens is 1. The molecule has 2 saturated heterocycles. The minimum Gasteiger partial charge on any atom is -0.395 e. The molecule has 2 aliphatic heterocycles. The zero-order valence-electron chi connectivity index (χ0n) is 15.6. The van der Waals surface area contributed by atoms with Crippen LogP contribution >= 0.6 is 22.9 Å². The van der Waals surface area contributed by atoms with Gasteiger partial charge in [-0.05, 0) is 44.4 Å². The lowest BCUT2D eigenvalue weighted by Crippen LogP contribution is -2.48. The number of rotatable bonds is 7. The van der Waals surface area contributed by atoms with E-state index in [0.29, 0.717) is 12.2 Å². The summed E-state index contributed by atoms with van der Waals surface area (Å²) in [6.45, 7) is 1.64. The van der Waals surface area contributed by atoms with Crippen LogP contribution in [0, 0.1) is 5.82 Å². The second-order valence-corrected chi connectivity index (χ2v) is 10.4. The summed E-state index contributed by atoms with van der Waals surface area (Å²) in [5.41, 5.74) is 0.274. The van der Waals surface area contributed by atoms with Crippen molar-refractivity contribution >= 4 is 43.8 Å². The SMILES string of the molecule is O=S(=O)(Nc1nccs1)c1cc(Cl)c(NCC23CCCN2C(CO)CC3)cc1F. The Morgan fingerprint density at radius 1 is 1.41 bits per heavy atom. The van der Waals surface area contributed by atoms with E-state index in [2.05, 4.69) is 19.9 Å². The van der Waals surface area contributed by atoms with E-state index in [1.165, 1.54) is 6.20 Å². The number of thiazole rings is 1. The highest BCUT2D eigenvalue weighted by Gasteiger charge is 2.48. The molecular weight excluding hydrogens is 439 g/mol. The molecule has 1 aromatic heterocycles. The summed E-state index contributed by atoms with van der Waals surface area (Å²) in [5.74, 6) is -0.888. The van der Waals surface area contributed by atoms with Crippen LogP contribution in [0.15, 0.2) is 28.6 Å². The molecular formula is C18H22ClFN4O3S2. The lowest BCUT2D eigenvalue weighted by molar-refractivity contribution is 0.113. The second kappa shape index (κ2) is 7.99. The standard InChI is InChI=1S/C18H22ClFN4O3S2/c19-13-8-16(29(26,27)23-17-21-5-7-28-17)14(20)9-15(13)22-11-18-3-1-6-24(18)12(10-25)2-4-18/h5,7-9,12,22,25H,1-4,6,10-11H2,(H,21,23). The molecule has 11 heteroatoms. The first kappa shape index (κ1) is 20.8. The lowest BCUT2D eigenvalue weighted by atomic mass is 9.94. The van der Waals surface area contributed by atoms with Crippen LogP contribution in [-0.4, -0.2) is 54.7 Å². The van der Waals surface area contributed by atoms with Crippen molar-refractivity contribution in [2.24, 2.45) is 0 Å². The van der Waals surface area contributed by atoms with Crippen molar-refractivity contribution < 1.29 is 17.9 Å². The highest BCUT2D eigenvalue weighted by Crippen LogP contribution is 2.42. The van der Waals surface area contributed by atoms with E-state index in [-0.39, 0.29) is 28.3 Å². The van der Waals surface area contributed by atoms with E-state index in [1.54, 1.807) is 5.38 Å². The fraction of sp³-hybridized carbons (Fsp3) is 0.500. The number of aliphatic hydroxyl groups excluding tert-OH is 1. The van der Waals surface area contributed by atoms with E-state index in [1.807, 2.05) is 0 Å². The largest absolute Gasteiger partial charge is 0.395 e. The van der Waals surface area contributed by atoms with Crippen LogP contribution in [0.3, 0.4) is 0 Å². The molecule has 2 aliphatic rings. The molecule has 3 N–H and O–H groups in total. The topological polar surface area (TPSA) is 94.6 Å². The molecule has 0 radical (unpaired) electrons. The van der Waals surface area contributed by atoms with Gasteiger partial charge >= 0.3 is 0 Å². The van der Waals surface area contributed by atoms with Gasteiger partial charge < -0.3 is 10.4 Å². The van der Waals surface area contributed by atoms with Gasteiger partial charge in [0, 0.05) is 29.7 Å². The van der Waals surface area contributed by atoms with Crippen LogP contribution in [0.5, 0.6) is 0 Å². The number of sulfonamides is 1. The smallest absolute Gasteiger partial charge is 0.266 e. The Balaban J connectivity index is 1.52. The summed E-state index contributed by atoms with van der Waals surface area (Å²) in [6, 6.07) is 2.40. The number of hydrogen-bond donors (Lipinski definition) is 3. The Kier molecular flexibility index (Phi) is 5.73. The average Bonchev–Trinajstić information content (AvgIpc) is 3.38. The van der Waals surface area contributed by atoms with E-state index in [0.717, 1.165) is 55.7 Å². The fourth-order valence-electron chi connectivity index (χ4n) is 4.43. The van der Waals surface area contributed by atoms with Crippen molar-refractivity contribution in [3.8, 4) is 0 Å². The maximum Gasteiger partial charge on any atom is 0.266 e. The minimum absolute atomic E-state index is 0.0790. The van der Waals surface area contributed by atoms with Crippen molar-refractivity contribution in [3.05, 3.63) is 34.5 Å². The Labute approximate surface area is 178 Å². The molecule has 0 amide bonds. The molecule has 158 valence electrons. The molecule has 2 unspecified atom stereocenters. The quantitative estimate of drug-likeness (QED) is 0.587. The zero-order chi connectivity index (χ0) is 20.6. The van der Waals surface area contributed by atoms with Crippen molar-refractivity contribution in [2.45, 2.75) is 42.2 Å². The summed E-state index contributed by atoms with van der Waals surface area (Å²) in [5, 5.41) is 14.7. The van der Waals surface area contributed by atoms with E-state index < -0.39 is 20.7 Å². The van der Waals surface area contributed by atoms with Gasteiger partial charge in [-0.25, -0.2) is 17.8 Å². The number of nitrogens with zero attached hydrogens (tertiary/aromatic N) is 2. The van der Waals surface area contributed by atoms with Gasteiger partial charge in [-0.3, -0.25) is 9.62 Å². The maximum atomic E-state index is 14.7. The third kappa shape index (κ3) is 3.96. The van der Waals surface area contributed by atoms with E-state index in [4.69, 9.17) is 11.6 Å². The van der Waals surface area contributed by atoms with Gasteiger partial charge in [0.05, 0.1) is 17.3 Å². The van der Waals surface area contributed by atoms with Crippen molar-refractivity contribution in [1.29, 1.82) is 0 Å². The van der Waals surface area contributed by atoms with Gasteiger partial charge in [0.1, 0.15) is 10.7 Å². The predicted molar refractivity (Wildman–Crippen MR) is 112 cm³/mol. The number of hydrogen-bond acceptors (Lipinski definition) is 7. The van der Waals surface area contributed by atoms with Gasteiger partial charge in [-0.2, -0.15) is 0 Å². The molecule has 7 nitrogen and oxygen atoms in total. The molecule has 2 aromatic rings. The number of halogens is 2. The van der Waals surface area contributed by atoms with Crippen molar-refractivity contribution in [2.75, 3.05) is 29.7 Å². The number of aliphatic hydroxyl groups is 1. The summed E-state index contributed by atoms with van der Waals surface area (Å²) in [4.78, 5) is 5.66. The lowest BCUT2D eigenvalue weighted by Gasteiger charge is -2.35. The monoisotopic (exact) mass is 460 g/mol. The summed E-state index contributed by atoms with van der Waals surface area (Å²) in [7, 11) is -4.14. The molecule has 0 aliphatic carbocycles. The Morgan fingerprint density at radius 2 is 2.24 bits per heavy atom. The summed E-state index contributed by atoms with van der Waals surface area (Å²) >= 11 is 7.38. The van der Waals surface area contributed by atoms with Crippen molar-refractivity contribution in [1.82, 2.24) is 9.88 Å². The minimum atomic E-state index is -4.14. The Hall–Kier alpha value is -1.46. The fourth-order valence-corrected chi connectivity index (χ4v) is 6.60. The summed E-state index contributed by atoms with van der Waals surface area (Å²) < 4.78 is 41.9. The molecule has 2 atom stereocenters. The second-order valence-electron chi connectivity index (χ2n) is 7.46. The number of benzene rings is 1. The van der Waals surface area contributed by atoms with Gasteiger partial charge in [0.15, 0.2) is 5.13 Å². The van der Waals surface area contributed by atoms with Gasteiger partial charge in [-0.15, -0.1) is 11.3 Å². The van der Waals surface area contributed by atoms with Crippen LogP contribution in [0.4, 0.5) is 15.2 Å². The van der Waals surface area contributed by atoms with E-state index >= 15 is 0 Å². The first-order chi connectivity index (χ1) is 13.8. The molecule has 2 fully saturated rings. The van der Waals surface area contributed by atoms with Crippen molar-refractivity contribution in [3.63, 3.8) is 0 Å². The van der Waals surface area contributed by atoms with Crippen LogP contribution in [0.1, 0.15) is 25.7 Å². The molecule has 0 bridgehead atoms. The normalized spacial score (nSPS) is 24.6. The average molecular weight is 461 g/mol. The number of anilines is 2. The Bertz CT molecular complexity index is 989. The van der Waals surface area contributed by atoms with Crippen LogP contribution in [0.2, 0.25) is 5.02 Å². The molecule has 3 heterocycles. The zero-order valence-corrected chi connectivity index (χ0v) is 18.0. The first-order valence-electron chi connectivity index (χ1n) is 9.37. The van der Waals surface area contributed by atoms with Gasteiger partial charge in [-0.1, -0.05) is 11.6 Å². The Morgan fingerprint density at radius 3 is 2.97 bits per heavy atom. The molecule has 29 heavy (non-hydrogen) atoms. The summed E-state index contributed by atoms with van der Waals surface area (Å²) in [6.07, 6.45) is 5.39. The first-order valence-corrected chi connectivity index (χ1v) is 12.1. The van der Waals surface area contributed by atoms with Gasteiger partial charge in [0.25, 0.3) is 10.0 Å².